The first-order valence-electron chi connectivity index (χ1n) is 3.05. The average molecular weight is 125 g/mol. The number of likely N-dealkylation sites (tertiary alicyclic amines) is 1. The number of ketones is 1. The zero-order valence-corrected chi connectivity index (χ0v) is 5.85. The highest BCUT2D eigenvalue weighted by Gasteiger charge is 2.27. The van der Waals surface area contributed by atoms with Gasteiger partial charge in [0.2, 0.25) is 0 Å². The highest BCUT2D eigenvalue weighted by Crippen LogP contribution is 2.20. The van der Waals surface area contributed by atoms with E-state index in [-0.39, 0.29) is 11.7 Å². The second kappa shape index (κ2) is 1.87. The summed E-state index contributed by atoms with van der Waals surface area (Å²) in [6, 6.07) is 0. The third-order valence-electron chi connectivity index (χ3n) is 1.87. The molecule has 0 aromatic rings. The topological polar surface area (TPSA) is 20.3 Å². The first-order chi connectivity index (χ1) is 4.13. The number of rotatable bonds is 0. The van der Waals surface area contributed by atoms with Gasteiger partial charge in [0, 0.05) is 12.7 Å². The average Bonchev–Trinajstić information content (AvgIpc) is 1.98. The summed E-state index contributed by atoms with van der Waals surface area (Å²) < 4.78 is 0. The molecule has 0 spiro atoms. The third kappa shape index (κ3) is 0.846. The lowest BCUT2D eigenvalue weighted by molar-refractivity contribution is -0.119. The maximum Gasteiger partial charge on any atom is 0.160 e. The Bertz CT molecular complexity index is 162. The van der Waals surface area contributed by atoms with E-state index in [2.05, 4.69) is 6.58 Å². The molecule has 1 fully saturated rings. The predicted octanol–water partition coefficient (Wildman–Crippen LogP) is 0.651. The molecule has 9 heavy (non-hydrogen) atoms. The van der Waals surface area contributed by atoms with Gasteiger partial charge < -0.3 is 4.90 Å². The summed E-state index contributed by atoms with van der Waals surface area (Å²) in [5.74, 6) is 0.331. The van der Waals surface area contributed by atoms with Gasteiger partial charge in [-0.3, -0.25) is 4.79 Å². The summed E-state index contributed by atoms with van der Waals surface area (Å²) in [5.41, 5.74) is 0.944. The van der Waals surface area contributed by atoms with Crippen molar-refractivity contribution >= 4 is 5.78 Å². The van der Waals surface area contributed by atoms with Crippen LogP contribution >= 0.6 is 0 Å². The molecule has 0 aromatic heterocycles. The highest BCUT2D eigenvalue weighted by molar-refractivity contribution is 5.87. The molecule has 1 atom stereocenters. The van der Waals surface area contributed by atoms with Gasteiger partial charge in [-0.2, -0.15) is 0 Å². The Morgan fingerprint density at radius 3 is 2.44 bits per heavy atom. The number of hydrogen-bond acceptors (Lipinski definition) is 2. The van der Waals surface area contributed by atoms with E-state index in [0.29, 0.717) is 6.54 Å². The van der Waals surface area contributed by atoms with E-state index in [4.69, 9.17) is 0 Å². The Morgan fingerprint density at radius 2 is 2.33 bits per heavy atom. The first-order valence-corrected chi connectivity index (χ1v) is 3.05. The molecular formula is C7H11NO. The van der Waals surface area contributed by atoms with E-state index in [1.54, 1.807) is 0 Å². The summed E-state index contributed by atoms with van der Waals surface area (Å²) in [5, 5.41) is 0. The Kier molecular flexibility index (Phi) is 1.31. The van der Waals surface area contributed by atoms with E-state index in [1.165, 1.54) is 0 Å². The zero-order valence-electron chi connectivity index (χ0n) is 5.85. The molecule has 0 bridgehead atoms. The number of carbonyl (C=O) groups is 1. The van der Waals surface area contributed by atoms with Crippen molar-refractivity contribution in [3.8, 4) is 0 Å². The van der Waals surface area contributed by atoms with Crippen LogP contribution in [0.4, 0.5) is 0 Å². The maximum atomic E-state index is 10.9. The monoisotopic (exact) mass is 125 g/mol. The summed E-state index contributed by atoms with van der Waals surface area (Å²) >= 11 is 0. The zero-order chi connectivity index (χ0) is 7.02. The number of nitrogens with zero attached hydrogens (tertiary/aromatic N) is 1. The van der Waals surface area contributed by atoms with Crippen LogP contribution in [0.5, 0.6) is 0 Å². The van der Waals surface area contributed by atoms with Crippen LogP contribution in [0.2, 0.25) is 0 Å². The highest BCUT2D eigenvalue weighted by atomic mass is 16.1. The molecule has 1 aliphatic rings. The summed E-state index contributed by atoms with van der Waals surface area (Å²) in [6.07, 6.45) is 0. The largest absolute Gasteiger partial charge is 0.370 e. The van der Waals surface area contributed by atoms with Gasteiger partial charge in [0.15, 0.2) is 5.78 Å². The maximum absolute atomic E-state index is 10.9. The molecule has 0 N–H and O–H groups in total. The molecule has 0 aliphatic carbocycles. The lowest BCUT2D eigenvalue weighted by Crippen LogP contribution is -2.11. The fourth-order valence-electron chi connectivity index (χ4n) is 0.989. The smallest absolute Gasteiger partial charge is 0.160 e. The first kappa shape index (κ1) is 6.33. The van der Waals surface area contributed by atoms with Crippen LogP contribution in [-0.4, -0.2) is 24.3 Å². The van der Waals surface area contributed by atoms with E-state index >= 15 is 0 Å². The SMILES string of the molecule is C=C1C(C)C(=O)CN1C. The quantitative estimate of drug-likeness (QED) is 0.474. The number of Topliss-reactive ketones (excluding diaryl/α,β-unsaturated/α-hetero) is 1. The van der Waals surface area contributed by atoms with Gasteiger partial charge in [0.25, 0.3) is 0 Å². The Labute approximate surface area is 55.2 Å². The van der Waals surface area contributed by atoms with Crippen molar-refractivity contribution in [2.45, 2.75) is 6.92 Å². The van der Waals surface area contributed by atoms with E-state index in [0.717, 1.165) is 5.70 Å². The van der Waals surface area contributed by atoms with Crippen LogP contribution in [0.1, 0.15) is 6.92 Å². The summed E-state index contributed by atoms with van der Waals surface area (Å²) in [7, 11) is 1.89. The lowest BCUT2D eigenvalue weighted by atomic mass is 10.1. The van der Waals surface area contributed by atoms with Crippen molar-refractivity contribution in [1.82, 2.24) is 4.90 Å². The van der Waals surface area contributed by atoms with Crippen LogP contribution in [0, 0.1) is 5.92 Å². The number of hydrogen-bond donors (Lipinski definition) is 0. The normalized spacial score (nSPS) is 27.8. The molecule has 2 nitrogen and oxygen atoms in total. The Balaban J connectivity index is 2.77. The van der Waals surface area contributed by atoms with Crippen molar-refractivity contribution in [2.75, 3.05) is 13.6 Å². The minimum absolute atomic E-state index is 0.0509. The van der Waals surface area contributed by atoms with Crippen molar-refractivity contribution < 1.29 is 4.79 Å². The predicted molar refractivity (Wildman–Crippen MR) is 35.9 cm³/mol. The fourth-order valence-corrected chi connectivity index (χ4v) is 0.989. The minimum atomic E-state index is 0.0509. The van der Waals surface area contributed by atoms with Crippen molar-refractivity contribution in [2.24, 2.45) is 5.92 Å². The third-order valence-corrected chi connectivity index (χ3v) is 1.87. The van der Waals surface area contributed by atoms with Crippen LogP contribution < -0.4 is 0 Å². The number of carbonyl (C=O) groups excluding carboxylic acids is 1. The molecule has 1 unspecified atom stereocenters. The van der Waals surface area contributed by atoms with Crippen LogP contribution in [0.25, 0.3) is 0 Å². The van der Waals surface area contributed by atoms with Gasteiger partial charge in [0.05, 0.1) is 12.5 Å². The van der Waals surface area contributed by atoms with Gasteiger partial charge >= 0.3 is 0 Å². The standard InChI is InChI=1S/C7H11NO/c1-5-6(2)8(3)4-7(5)9/h5H,2,4H2,1,3H3. The van der Waals surface area contributed by atoms with Crippen LogP contribution in [0.15, 0.2) is 12.3 Å². The second-order valence-electron chi connectivity index (χ2n) is 2.54. The molecule has 1 heterocycles. The number of likely N-dealkylation sites (N-methyl/N-ethyl adjacent to an activating group) is 1. The Hall–Kier alpha value is -0.790. The van der Waals surface area contributed by atoms with Gasteiger partial charge in [-0.05, 0) is 6.92 Å². The van der Waals surface area contributed by atoms with Crippen molar-refractivity contribution in [1.29, 1.82) is 0 Å². The van der Waals surface area contributed by atoms with E-state index in [1.807, 2.05) is 18.9 Å². The molecule has 0 amide bonds. The molecule has 2 heteroatoms. The number of allylic oxidation sites excluding steroid dienone is 1. The van der Waals surface area contributed by atoms with Gasteiger partial charge in [-0.15, -0.1) is 0 Å². The molecular weight excluding hydrogens is 114 g/mol. The lowest BCUT2D eigenvalue weighted by Gasteiger charge is -2.10. The molecule has 50 valence electrons. The van der Waals surface area contributed by atoms with Gasteiger partial charge in [0.1, 0.15) is 0 Å². The van der Waals surface area contributed by atoms with Gasteiger partial charge in [-0.1, -0.05) is 6.58 Å². The molecule has 1 aliphatic heterocycles. The fraction of sp³-hybridized carbons (Fsp3) is 0.571. The molecule has 1 saturated heterocycles. The summed E-state index contributed by atoms with van der Waals surface area (Å²) in [4.78, 5) is 12.8. The molecule has 0 radical (unpaired) electrons. The van der Waals surface area contributed by atoms with Crippen LogP contribution in [-0.2, 0) is 4.79 Å². The molecule has 0 aromatic carbocycles. The summed E-state index contributed by atoms with van der Waals surface area (Å²) in [6.45, 7) is 6.21. The Morgan fingerprint density at radius 1 is 1.78 bits per heavy atom. The van der Waals surface area contributed by atoms with E-state index < -0.39 is 0 Å². The van der Waals surface area contributed by atoms with Gasteiger partial charge in [-0.25, -0.2) is 0 Å². The molecule has 0 saturated carbocycles. The van der Waals surface area contributed by atoms with E-state index in [9.17, 15) is 4.79 Å². The minimum Gasteiger partial charge on any atom is -0.370 e. The molecule has 1 rings (SSSR count). The van der Waals surface area contributed by atoms with Crippen molar-refractivity contribution in [3.63, 3.8) is 0 Å². The van der Waals surface area contributed by atoms with Crippen molar-refractivity contribution in [3.05, 3.63) is 12.3 Å². The van der Waals surface area contributed by atoms with Crippen LogP contribution in [0.3, 0.4) is 0 Å². The second-order valence-corrected chi connectivity index (χ2v) is 2.54.